The first kappa shape index (κ1) is 20.2. The summed E-state index contributed by atoms with van der Waals surface area (Å²) in [5, 5.41) is -0.500. The Bertz CT molecular complexity index is 1170. The van der Waals surface area contributed by atoms with E-state index in [-0.39, 0.29) is 28.8 Å². The third kappa shape index (κ3) is 3.88. The third-order valence-electron chi connectivity index (χ3n) is 4.93. The number of aromatic amines is 1. The minimum absolute atomic E-state index is 0.0381. The lowest BCUT2D eigenvalue weighted by atomic mass is 10.1. The Hall–Kier alpha value is -2.04. The number of aryl methyl sites for hydroxylation is 1. The SMILES string of the molecule is CCc1ccc(-c2cc(C(F)(F)F)c3c(=O)[nH]c(=S)n(C[C@H]4CCCO4)c3n2)s1. The zero-order valence-corrected chi connectivity index (χ0v) is 17.1. The second-order valence-corrected chi connectivity index (χ2v) is 8.43. The van der Waals surface area contributed by atoms with Gasteiger partial charge in [0.25, 0.3) is 5.56 Å². The zero-order chi connectivity index (χ0) is 20.8. The van der Waals surface area contributed by atoms with Gasteiger partial charge in [-0.15, -0.1) is 11.3 Å². The number of rotatable bonds is 4. The summed E-state index contributed by atoms with van der Waals surface area (Å²) in [5.41, 5.74) is -1.79. The predicted octanol–water partition coefficient (Wildman–Crippen LogP) is 4.94. The van der Waals surface area contributed by atoms with Crippen molar-refractivity contribution in [2.45, 2.75) is 45.0 Å². The number of halogens is 3. The number of pyridine rings is 1. The molecule has 0 spiro atoms. The van der Waals surface area contributed by atoms with Crippen molar-refractivity contribution < 1.29 is 17.9 Å². The molecule has 0 bridgehead atoms. The van der Waals surface area contributed by atoms with Crippen LogP contribution in [0, 0.1) is 4.77 Å². The van der Waals surface area contributed by atoms with E-state index in [0.717, 1.165) is 30.2 Å². The molecule has 1 fully saturated rings. The van der Waals surface area contributed by atoms with Crippen LogP contribution in [0.15, 0.2) is 23.0 Å². The Kier molecular flexibility index (Phi) is 5.34. The number of H-pyrrole nitrogens is 1. The van der Waals surface area contributed by atoms with Crippen molar-refractivity contribution in [3.05, 3.63) is 43.8 Å². The van der Waals surface area contributed by atoms with Gasteiger partial charge in [0.15, 0.2) is 4.77 Å². The molecule has 4 rings (SSSR count). The van der Waals surface area contributed by atoms with E-state index < -0.39 is 22.7 Å². The third-order valence-corrected chi connectivity index (χ3v) is 6.50. The van der Waals surface area contributed by atoms with Gasteiger partial charge in [0.1, 0.15) is 5.65 Å². The van der Waals surface area contributed by atoms with Gasteiger partial charge in [-0.05, 0) is 49.7 Å². The van der Waals surface area contributed by atoms with Gasteiger partial charge in [0, 0.05) is 11.5 Å². The lowest BCUT2D eigenvalue weighted by Crippen LogP contribution is -2.24. The number of aromatic nitrogens is 3. The van der Waals surface area contributed by atoms with Gasteiger partial charge in [-0.1, -0.05) is 6.92 Å². The van der Waals surface area contributed by atoms with Gasteiger partial charge >= 0.3 is 6.18 Å². The van der Waals surface area contributed by atoms with E-state index in [4.69, 9.17) is 17.0 Å². The number of hydrogen-bond acceptors (Lipinski definition) is 5. The molecule has 0 aliphatic carbocycles. The molecule has 0 saturated carbocycles. The summed E-state index contributed by atoms with van der Waals surface area (Å²) in [6.07, 6.45) is -2.46. The smallest absolute Gasteiger partial charge is 0.376 e. The van der Waals surface area contributed by atoms with E-state index in [9.17, 15) is 18.0 Å². The van der Waals surface area contributed by atoms with Crippen molar-refractivity contribution in [3.8, 4) is 10.6 Å². The maximum absolute atomic E-state index is 13.9. The molecule has 3 aromatic rings. The van der Waals surface area contributed by atoms with E-state index in [1.165, 1.54) is 15.9 Å². The summed E-state index contributed by atoms with van der Waals surface area (Å²) in [6.45, 7) is 2.81. The standard InChI is InChI=1S/C19H18F3N3O2S2/c1-2-11-5-6-14(29-11)13-8-12(19(20,21)22)15-16(23-13)25(18(28)24-17(15)26)9-10-4-3-7-27-10/h5-6,8,10H,2-4,7,9H2,1H3,(H,24,26,28)/t10-/m1/s1. The van der Waals surface area contributed by atoms with Crippen LogP contribution in [0.2, 0.25) is 0 Å². The second kappa shape index (κ2) is 7.66. The van der Waals surface area contributed by atoms with Gasteiger partial charge in [-0.3, -0.25) is 14.3 Å². The van der Waals surface area contributed by atoms with Gasteiger partial charge in [0.2, 0.25) is 0 Å². The van der Waals surface area contributed by atoms with Crippen molar-refractivity contribution >= 4 is 34.6 Å². The average molecular weight is 442 g/mol. The first-order valence-corrected chi connectivity index (χ1v) is 10.5. The molecule has 0 aromatic carbocycles. The molecule has 1 saturated heterocycles. The van der Waals surface area contributed by atoms with E-state index in [0.29, 0.717) is 11.5 Å². The fourth-order valence-corrected chi connectivity index (χ4v) is 4.65. The highest BCUT2D eigenvalue weighted by Gasteiger charge is 2.36. The molecule has 10 heteroatoms. The van der Waals surface area contributed by atoms with Crippen molar-refractivity contribution in [2.24, 2.45) is 0 Å². The van der Waals surface area contributed by atoms with E-state index in [1.54, 1.807) is 6.07 Å². The molecule has 0 radical (unpaired) electrons. The average Bonchev–Trinajstić information content (AvgIpc) is 3.35. The molecule has 3 aromatic heterocycles. The predicted molar refractivity (Wildman–Crippen MR) is 108 cm³/mol. The quantitative estimate of drug-likeness (QED) is 0.583. The Morgan fingerprint density at radius 3 is 2.83 bits per heavy atom. The highest BCUT2D eigenvalue weighted by Crippen LogP contribution is 2.37. The van der Waals surface area contributed by atoms with Crippen molar-refractivity contribution in [2.75, 3.05) is 6.61 Å². The normalized spacial score (nSPS) is 17.3. The molecule has 1 atom stereocenters. The lowest BCUT2D eigenvalue weighted by Gasteiger charge is -2.17. The molecular weight excluding hydrogens is 423 g/mol. The van der Waals surface area contributed by atoms with Crippen LogP contribution in [-0.2, 0) is 23.9 Å². The topological polar surface area (TPSA) is 59.9 Å². The zero-order valence-electron chi connectivity index (χ0n) is 15.5. The van der Waals surface area contributed by atoms with E-state index in [1.807, 2.05) is 13.0 Å². The van der Waals surface area contributed by atoms with E-state index in [2.05, 4.69) is 9.97 Å². The Labute approximate surface area is 173 Å². The van der Waals surface area contributed by atoms with Crippen LogP contribution in [0.25, 0.3) is 21.6 Å². The highest BCUT2D eigenvalue weighted by atomic mass is 32.1. The molecule has 1 aliphatic heterocycles. The van der Waals surface area contributed by atoms with Gasteiger partial charge in [-0.2, -0.15) is 13.2 Å². The molecule has 1 N–H and O–H groups in total. The molecule has 0 amide bonds. The fraction of sp³-hybridized carbons (Fsp3) is 0.421. The Morgan fingerprint density at radius 1 is 1.41 bits per heavy atom. The number of hydrogen-bond donors (Lipinski definition) is 1. The number of nitrogens with zero attached hydrogens (tertiary/aromatic N) is 2. The van der Waals surface area contributed by atoms with Gasteiger partial charge in [0.05, 0.1) is 34.2 Å². The van der Waals surface area contributed by atoms with Crippen LogP contribution in [0.4, 0.5) is 13.2 Å². The minimum atomic E-state index is -4.71. The first-order valence-electron chi connectivity index (χ1n) is 9.23. The summed E-state index contributed by atoms with van der Waals surface area (Å²) in [6, 6.07) is 4.57. The molecule has 29 heavy (non-hydrogen) atoms. The Balaban J connectivity index is 2.01. The number of thiophene rings is 1. The summed E-state index contributed by atoms with van der Waals surface area (Å²) < 4.78 is 48.7. The minimum Gasteiger partial charge on any atom is -0.376 e. The van der Waals surface area contributed by atoms with Crippen LogP contribution in [0.3, 0.4) is 0 Å². The Morgan fingerprint density at radius 2 is 2.21 bits per heavy atom. The maximum Gasteiger partial charge on any atom is 0.417 e. The number of alkyl halides is 3. The van der Waals surface area contributed by atoms with Gasteiger partial charge in [-0.25, -0.2) is 4.98 Å². The van der Waals surface area contributed by atoms with Crippen LogP contribution in [0.1, 0.15) is 30.2 Å². The van der Waals surface area contributed by atoms with Crippen LogP contribution in [0.5, 0.6) is 0 Å². The lowest BCUT2D eigenvalue weighted by molar-refractivity contribution is -0.136. The molecule has 4 heterocycles. The number of ether oxygens (including phenoxy) is 1. The van der Waals surface area contributed by atoms with Crippen LogP contribution in [-0.4, -0.2) is 27.2 Å². The molecule has 1 aliphatic rings. The maximum atomic E-state index is 13.9. The van der Waals surface area contributed by atoms with Gasteiger partial charge < -0.3 is 4.74 Å². The fourth-order valence-electron chi connectivity index (χ4n) is 3.49. The molecular formula is C19H18F3N3O2S2. The van der Waals surface area contributed by atoms with Crippen molar-refractivity contribution in [1.82, 2.24) is 14.5 Å². The molecule has 0 unspecified atom stereocenters. The summed E-state index contributed by atoms with van der Waals surface area (Å²) >= 11 is 6.64. The van der Waals surface area contributed by atoms with Crippen molar-refractivity contribution in [1.29, 1.82) is 0 Å². The van der Waals surface area contributed by atoms with Crippen LogP contribution >= 0.6 is 23.6 Å². The summed E-state index contributed by atoms with van der Waals surface area (Å²) in [4.78, 5) is 20.9. The first-order chi connectivity index (χ1) is 13.8. The van der Waals surface area contributed by atoms with Crippen molar-refractivity contribution in [3.63, 3.8) is 0 Å². The van der Waals surface area contributed by atoms with Crippen LogP contribution < -0.4 is 5.56 Å². The largest absolute Gasteiger partial charge is 0.417 e. The second-order valence-electron chi connectivity index (χ2n) is 6.88. The molecule has 154 valence electrons. The summed E-state index contributed by atoms with van der Waals surface area (Å²) in [5.74, 6) is 0. The monoisotopic (exact) mass is 441 g/mol. The molecule has 5 nitrogen and oxygen atoms in total. The highest BCUT2D eigenvalue weighted by molar-refractivity contribution is 7.71. The van der Waals surface area contributed by atoms with E-state index >= 15 is 0 Å². The summed E-state index contributed by atoms with van der Waals surface area (Å²) in [7, 11) is 0. The number of fused-ring (bicyclic) bond motifs is 1. The number of nitrogens with one attached hydrogen (secondary N) is 1.